The highest BCUT2D eigenvalue weighted by Gasteiger charge is 2.42. The van der Waals surface area contributed by atoms with E-state index in [2.05, 4.69) is 241 Å². The van der Waals surface area contributed by atoms with Crippen LogP contribution in [0, 0.1) is 0 Å². The number of hydrogen-bond donors (Lipinski definition) is 0. The second kappa shape index (κ2) is 13.2. The molecule has 2 nitrogen and oxygen atoms in total. The summed E-state index contributed by atoms with van der Waals surface area (Å²) in [4.78, 5) is 0. The second-order valence-corrected chi connectivity index (χ2v) is 20.7. The lowest BCUT2D eigenvalue weighted by Crippen LogP contribution is -2.74. The van der Waals surface area contributed by atoms with Crippen molar-refractivity contribution in [2.24, 2.45) is 0 Å². The molecule has 0 unspecified atom stereocenters. The molecule has 0 spiro atoms. The third-order valence-corrected chi connectivity index (χ3v) is 18.2. The molecule has 60 heavy (non-hydrogen) atoms. The van der Waals surface area contributed by atoms with Gasteiger partial charge in [0, 0.05) is 38.3 Å². The van der Waals surface area contributed by atoms with Crippen molar-refractivity contribution >= 4 is 72.4 Å². The van der Waals surface area contributed by atoms with Gasteiger partial charge in [-0.1, -0.05) is 184 Å². The molecule has 0 saturated heterocycles. The van der Waals surface area contributed by atoms with Gasteiger partial charge >= 0.3 is 0 Å². The zero-order chi connectivity index (χ0) is 40.0. The Morgan fingerprint density at radius 1 is 0.350 bits per heavy atom. The third kappa shape index (κ3) is 4.81. The van der Waals surface area contributed by atoms with Crippen LogP contribution in [-0.2, 0) is 5.41 Å². The fourth-order valence-electron chi connectivity index (χ4n) is 10.9. The Labute approximate surface area is 351 Å². The first kappa shape index (κ1) is 34.8. The van der Waals surface area contributed by atoms with E-state index >= 15 is 0 Å². The normalized spacial score (nSPS) is 13.3. The maximum absolute atomic E-state index is 2.88. The van der Waals surface area contributed by atoms with E-state index in [1.165, 1.54) is 98.0 Å². The average Bonchev–Trinajstić information content (AvgIpc) is 3.91. The van der Waals surface area contributed by atoms with Crippen LogP contribution in [0.5, 0.6) is 0 Å². The molecule has 2 aromatic heterocycles. The van der Waals surface area contributed by atoms with Crippen LogP contribution in [0.1, 0.15) is 25.0 Å². The van der Waals surface area contributed by atoms with Crippen molar-refractivity contribution in [2.75, 3.05) is 0 Å². The van der Waals surface area contributed by atoms with Crippen molar-refractivity contribution in [2.45, 2.75) is 19.3 Å². The topological polar surface area (TPSA) is 9.86 Å². The van der Waals surface area contributed by atoms with Crippen molar-refractivity contribution < 1.29 is 0 Å². The zero-order valence-electron chi connectivity index (χ0n) is 33.7. The first-order valence-electron chi connectivity index (χ1n) is 21.0. The SMILES string of the molecule is CC1(C)c2ccccc2-c2ccc3c(c21)c1ccccc1n3-c1ccc([Si](c2ccccc2)(c2ccccc2)c2ccc3c(c2)c2ccccc2n3-c2ccccc2)cc1. The van der Waals surface area contributed by atoms with Crippen molar-refractivity contribution in [3.8, 4) is 22.5 Å². The Kier molecular flexibility index (Phi) is 7.63. The van der Waals surface area contributed by atoms with Crippen LogP contribution >= 0.6 is 0 Å². The first-order valence-corrected chi connectivity index (χ1v) is 23.0. The Morgan fingerprint density at radius 3 is 1.53 bits per heavy atom. The molecule has 9 aromatic carbocycles. The fraction of sp³-hybridized carbons (Fsp3) is 0.0526. The minimum Gasteiger partial charge on any atom is -0.309 e. The highest BCUT2D eigenvalue weighted by molar-refractivity contribution is 7.20. The quantitative estimate of drug-likeness (QED) is 0.117. The lowest BCUT2D eigenvalue weighted by atomic mass is 9.80. The monoisotopic (exact) mass is 782 g/mol. The molecule has 11 aromatic rings. The summed E-state index contributed by atoms with van der Waals surface area (Å²) in [5.74, 6) is 0. The molecule has 1 aliphatic rings. The summed E-state index contributed by atoms with van der Waals surface area (Å²) in [5.41, 5.74) is 12.7. The van der Waals surface area contributed by atoms with E-state index in [1.54, 1.807) is 0 Å². The van der Waals surface area contributed by atoms with Gasteiger partial charge < -0.3 is 9.13 Å². The molecule has 2 heterocycles. The summed E-state index contributed by atoms with van der Waals surface area (Å²) in [7, 11) is -2.88. The van der Waals surface area contributed by atoms with Gasteiger partial charge in [-0.05, 0) is 91.5 Å². The predicted octanol–water partition coefficient (Wildman–Crippen LogP) is 11.6. The minimum atomic E-state index is -2.88. The van der Waals surface area contributed by atoms with Crippen molar-refractivity contribution in [3.63, 3.8) is 0 Å². The highest BCUT2D eigenvalue weighted by atomic mass is 28.3. The number of para-hydroxylation sites is 3. The lowest BCUT2D eigenvalue weighted by molar-refractivity contribution is 0.666. The van der Waals surface area contributed by atoms with E-state index in [1.807, 2.05) is 0 Å². The number of aromatic nitrogens is 2. The highest BCUT2D eigenvalue weighted by Crippen LogP contribution is 2.53. The summed E-state index contributed by atoms with van der Waals surface area (Å²) in [6.07, 6.45) is 0. The molecule has 12 rings (SSSR count). The minimum absolute atomic E-state index is 0.116. The number of benzene rings is 9. The van der Waals surface area contributed by atoms with Gasteiger partial charge in [-0.15, -0.1) is 0 Å². The summed E-state index contributed by atoms with van der Waals surface area (Å²) < 4.78 is 4.91. The molecule has 1 aliphatic carbocycles. The molecule has 0 atom stereocenters. The summed E-state index contributed by atoms with van der Waals surface area (Å²) in [5, 5.41) is 10.6. The van der Waals surface area contributed by atoms with Crippen molar-refractivity contribution in [1.29, 1.82) is 0 Å². The van der Waals surface area contributed by atoms with E-state index < -0.39 is 8.07 Å². The molecule has 284 valence electrons. The summed E-state index contributed by atoms with van der Waals surface area (Å²) >= 11 is 0. The van der Waals surface area contributed by atoms with Gasteiger partial charge in [-0.25, -0.2) is 0 Å². The molecule has 0 N–H and O–H groups in total. The molecule has 3 heteroatoms. The number of fused-ring (bicyclic) bond motifs is 10. The molecule has 0 saturated carbocycles. The molecule has 0 bridgehead atoms. The number of rotatable bonds is 6. The van der Waals surface area contributed by atoms with E-state index in [0.717, 1.165) is 0 Å². The Bertz CT molecular complexity index is 3390. The third-order valence-electron chi connectivity index (χ3n) is 13.4. The van der Waals surface area contributed by atoms with E-state index in [0.29, 0.717) is 0 Å². The van der Waals surface area contributed by atoms with E-state index in [9.17, 15) is 0 Å². The van der Waals surface area contributed by atoms with Crippen molar-refractivity contribution in [3.05, 3.63) is 230 Å². The van der Waals surface area contributed by atoms with Crippen LogP contribution in [0.3, 0.4) is 0 Å². The number of nitrogens with zero attached hydrogens (tertiary/aromatic N) is 2. The van der Waals surface area contributed by atoms with Gasteiger partial charge in [-0.2, -0.15) is 0 Å². The van der Waals surface area contributed by atoms with Crippen LogP contribution < -0.4 is 20.7 Å². The Balaban J connectivity index is 1.10. The smallest absolute Gasteiger partial charge is 0.179 e. The summed E-state index contributed by atoms with van der Waals surface area (Å²) in [6.45, 7) is 4.79. The van der Waals surface area contributed by atoms with Gasteiger partial charge in [0.25, 0.3) is 0 Å². The largest absolute Gasteiger partial charge is 0.309 e. The molecule has 0 fully saturated rings. The molecule has 0 aliphatic heterocycles. The van der Waals surface area contributed by atoms with Crippen LogP contribution in [0.2, 0.25) is 0 Å². The predicted molar refractivity (Wildman–Crippen MR) is 256 cm³/mol. The molecular formula is C57H42N2Si. The Morgan fingerprint density at radius 2 is 0.833 bits per heavy atom. The fourth-order valence-corrected chi connectivity index (χ4v) is 15.7. The average molecular weight is 783 g/mol. The maximum atomic E-state index is 2.52. The van der Waals surface area contributed by atoms with Gasteiger partial charge in [0.05, 0.1) is 22.1 Å². The maximum Gasteiger partial charge on any atom is 0.179 e. The second-order valence-electron chi connectivity index (χ2n) is 16.9. The summed E-state index contributed by atoms with van der Waals surface area (Å²) in [6, 6.07) is 81.8. The van der Waals surface area contributed by atoms with Gasteiger partial charge in [0.15, 0.2) is 8.07 Å². The van der Waals surface area contributed by atoms with Crippen molar-refractivity contribution in [1.82, 2.24) is 9.13 Å². The Hall–Kier alpha value is -7.20. The van der Waals surface area contributed by atoms with Gasteiger partial charge in [0.2, 0.25) is 0 Å². The van der Waals surface area contributed by atoms with Crippen LogP contribution in [0.4, 0.5) is 0 Å². The van der Waals surface area contributed by atoms with E-state index in [-0.39, 0.29) is 5.41 Å². The van der Waals surface area contributed by atoms with Crippen LogP contribution in [0.25, 0.3) is 66.1 Å². The van der Waals surface area contributed by atoms with Crippen LogP contribution in [0.15, 0.2) is 218 Å². The van der Waals surface area contributed by atoms with Crippen LogP contribution in [-0.4, -0.2) is 17.2 Å². The molecule has 0 radical (unpaired) electrons. The number of hydrogen-bond acceptors (Lipinski definition) is 0. The molecule has 0 amide bonds. The van der Waals surface area contributed by atoms with E-state index in [4.69, 9.17) is 0 Å². The van der Waals surface area contributed by atoms with Gasteiger partial charge in [0.1, 0.15) is 0 Å². The van der Waals surface area contributed by atoms with Gasteiger partial charge in [-0.3, -0.25) is 0 Å². The molecular weight excluding hydrogens is 741 g/mol. The first-order chi connectivity index (χ1) is 29.5. The lowest BCUT2D eigenvalue weighted by Gasteiger charge is -2.34. The zero-order valence-corrected chi connectivity index (χ0v) is 34.7. The standard InChI is InChI=1S/C57H42N2Si/c1-57(2)50-27-15-12-24-45(50)47-35-37-54-55(56(47)57)48-26-14-17-29-52(48)59(54)40-30-32-43(33-31-40)60(41-20-8-4-9-21-41,42-22-10-5-11-23-42)44-34-36-53-49(38-44)46-25-13-16-28-51(46)58(53)39-18-6-3-7-19-39/h3-38H,1-2H3.